The molecule has 0 saturated heterocycles. The number of rotatable bonds is 3. The molecule has 64 valence electrons. The van der Waals surface area contributed by atoms with Gasteiger partial charge < -0.3 is 10.2 Å². The zero-order valence-electron chi connectivity index (χ0n) is 6.66. The van der Waals surface area contributed by atoms with Gasteiger partial charge in [0.2, 0.25) is 0 Å². The average Bonchev–Trinajstić information content (AvgIpc) is 1.88. The topological polar surface area (TPSA) is 57.5 Å². The summed E-state index contributed by atoms with van der Waals surface area (Å²) >= 11 is 0. The Morgan fingerprint density at radius 1 is 1.64 bits per heavy atom. The Bertz CT molecular complexity index is 123. The molecule has 0 aliphatic heterocycles. The summed E-state index contributed by atoms with van der Waals surface area (Å²) in [6.07, 6.45) is 6.10. The molecule has 0 bridgehead atoms. The first kappa shape index (κ1) is 12.6. The molecule has 0 fully saturated rings. The van der Waals surface area contributed by atoms with Gasteiger partial charge in [0.15, 0.2) is 0 Å². The number of hydrogen-bond donors (Lipinski definition) is 2. The van der Waals surface area contributed by atoms with Crippen molar-refractivity contribution in [3.63, 3.8) is 0 Å². The Kier molecular flexibility index (Phi) is 13.3. The molecule has 0 aliphatic carbocycles. The molecule has 0 saturated carbocycles. The number of carboxylic acid groups (broad SMARTS) is 1. The van der Waals surface area contributed by atoms with Crippen molar-refractivity contribution < 1.29 is 15.0 Å². The first-order chi connectivity index (χ1) is 5.15. The predicted molar refractivity (Wildman–Crippen MR) is 44.3 cm³/mol. The van der Waals surface area contributed by atoms with Gasteiger partial charge in [-0.1, -0.05) is 24.8 Å². The van der Waals surface area contributed by atoms with E-state index in [1.807, 2.05) is 12.2 Å². The van der Waals surface area contributed by atoms with Crippen molar-refractivity contribution in [2.45, 2.75) is 13.3 Å². The molecule has 0 unspecified atom stereocenters. The van der Waals surface area contributed by atoms with Gasteiger partial charge in [-0.2, -0.15) is 0 Å². The molecular weight excluding hydrogens is 144 g/mol. The smallest absolute Gasteiger partial charge is 0.300 e. The van der Waals surface area contributed by atoms with Gasteiger partial charge in [0, 0.05) is 13.5 Å². The van der Waals surface area contributed by atoms with Crippen LogP contribution in [0.15, 0.2) is 24.8 Å². The SMILES string of the molecule is C=CC=CCCO.CC(=O)O. The molecule has 3 nitrogen and oxygen atoms in total. The minimum Gasteiger partial charge on any atom is -0.481 e. The minimum absolute atomic E-state index is 0.227. The van der Waals surface area contributed by atoms with Crippen LogP contribution in [0.25, 0.3) is 0 Å². The third-order valence-electron chi connectivity index (χ3n) is 0.568. The normalized spacial score (nSPS) is 8.55. The van der Waals surface area contributed by atoms with E-state index in [4.69, 9.17) is 15.0 Å². The Morgan fingerprint density at radius 3 is 2.36 bits per heavy atom. The van der Waals surface area contributed by atoms with Crippen LogP contribution in [0.3, 0.4) is 0 Å². The summed E-state index contributed by atoms with van der Waals surface area (Å²) in [6.45, 7) is 4.77. The fraction of sp³-hybridized carbons (Fsp3) is 0.375. The van der Waals surface area contributed by atoms with E-state index >= 15 is 0 Å². The Labute approximate surface area is 66.7 Å². The number of allylic oxidation sites excluding steroid dienone is 2. The monoisotopic (exact) mass is 158 g/mol. The molecule has 11 heavy (non-hydrogen) atoms. The van der Waals surface area contributed by atoms with Crippen molar-refractivity contribution in [3.05, 3.63) is 24.8 Å². The highest BCUT2D eigenvalue weighted by atomic mass is 16.4. The minimum atomic E-state index is -0.833. The second-order valence-electron chi connectivity index (χ2n) is 1.70. The Hall–Kier alpha value is -1.09. The molecule has 0 aromatic rings. The van der Waals surface area contributed by atoms with E-state index in [9.17, 15) is 0 Å². The van der Waals surface area contributed by atoms with Crippen molar-refractivity contribution >= 4 is 5.97 Å². The van der Waals surface area contributed by atoms with Gasteiger partial charge in [0.25, 0.3) is 5.97 Å². The molecule has 0 aromatic heterocycles. The summed E-state index contributed by atoms with van der Waals surface area (Å²) in [6, 6.07) is 0. The van der Waals surface area contributed by atoms with E-state index in [0.717, 1.165) is 13.3 Å². The van der Waals surface area contributed by atoms with Crippen LogP contribution in [0.2, 0.25) is 0 Å². The molecule has 0 amide bonds. The van der Waals surface area contributed by atoms with Crippen molar-refractivity contribution in [2.75, 3.05) is 6.61 Å². The number of aliphatic hydroxyl groups excluding tert-OH is 1. The van der Waals surface area contributed by atoms with E-state index < -0.39 is 5.97 Å². The van der Waals surface area contributed by atoms with Gasteiger partial charge in [0.05, 0.1) is 0 Å². The summed E-state index contributed by atoms with van der Waals surface area (Å²) in [5.74, 6) is -0.833. The van der Waals surface area contributed by atoms with Crippen LogP contribution in [-0.4, -0.2) is 22.8 Å². The summed E-state index contributed by atoms with van der Waals surface area (Å²) in [5, 5.41) is 15.6. The molecule has 2 N–H and O–H groups in total. The third-order valence-corrected chi connectivity index (χ3v) is 0.568. The van der Waals surface area contributed by atoms with E-state index in [1.54, 1.807) is 6.08 Å². The van der Waals surface area contributed by atoms with Crippen LogP contribution < -0.4 is 0 Å². The fourth-order valence-electron chi connectivity index (χ4n) is 0.267. The molecule has 0 radical (unpaired) electrons. The van der Waals surface area contributed by atoms with E-state index in [2.05, 4.69) is 6.58 Å². The van der Waals surface area contributed by atoms with Gasteiger partial charge in [-0.25, -0.2) is 0 Å². The molecule has 0 aliphatic rings. The van der Waals surface area contributed by atoms with Crippen molar-refractivity contribution in [2.24, 2.45) is 0 Å². The van der Waals surface area contributed by atoms with Crippen molar-refractivity contribution in [3.8, 4) is 0 Å². The van der Waals surface area contributed by atoms with E-state index in [-0.39, 0.29) is 6.61 Å². The lowest BCUT2D eigenvalue weighted by Crippen LogP contribution is -1.78. The number of carbonyl (C=O) groups is 1. The van der Waals surface area contributed by atoms with E-state index in [0.29, 0.717) is 0 Å². The zero-order chi connectivity index (χ0) is 9.11. The maximum atomic E-state index is 9.00. The maximum absolute atomic E-state index is 9.00. The van der Waals surface area contributed by atoms with Gasteiger partial charge >= 0.3 is 0 Å². The number of aliphatic carboxylic acids is 1. The van der Waals surface area contributed by atoms with Gasteiger partial charge in [-0.05, 0) is 6.42 Å². The third kappa shape index (κ3) is 50.2. The van der Waals surface area contributed by atoms with Crippen LogP contribution in [0.4, 0.5) is 0 Å². The van der Waals surface area contributed by atoms with Crippen molar-refractivity contribution in [1.82, 2.24) is 0 Å². The molecule has 0 spiro atoms. The highest BCUT2D eigenvalue weighted by Crippen LogP contribution is 1.78. The van der Waals surface area contributed by atoms with Crippen LogP contribution in [-0.2, 0) is 4.79 Å². The first-order valence-electron chi connectivity index (χ1n) is 3.23. The van der Waals surface area contributed by atoms with E-state index in [1.165, 1.54) is 0 Å². The van der Waals surface area contributed by atoms with Crippen LogP contribution in [0, 0.1) is 0 Å². The standard InChI is InChI=1S/C6H10O.C2H4O2/c1-2-3-4-5-6-7;1-2(3)4/h2-4,7H,1,5-6H2;1H3,(H,3,4). The summed E-state index contributed by atoms with van der Waals surface area (Å²) in [5.41, 5.74) is 0. The Balaban J connectivity index is 0. The quantitative estimate of drug-likeness (QED) is 0.607. The maximum Gasteiger partial charge on any atom is 0.300 e. The second-order valence-corrected chi connectivity index (χ2v) is 1.70. The summed E-state index contributed by atoms with van der Waals surface area (Å²) in [4.78, 5) is 9.00. The average molecular weight is 158 g/mol. The van der Waals surface area contributed by atoms with Crippen LogP contribution >= 0.6 is 0 Å². The molecule has 0 aromatic carbocycles. The predicted octanol–water partition coefficient (Wildman–Crippen LogP) is 1.20. The molecule has 0 heterocycles. The van der Waals surface area contributed by atoms with Gasteiger partial charge in [-0.15, -0.1) is 0 Å². The molecular formula is C8H14O3. The highest BCUT2D eigenvalue weighted by Gasteiger charge is 1.67. The lowest BCUT2D eigenvalue weighted by Gasteiger charge is -1.77. The number of carboxylic acids is 1. The first-order valence-corrected chi connectivity index (χ1v) is 3.23. The fourth-order valence-corrected chi connectivity index (χ4v) is 0.267. The second kappa shape index (κ2) is 11.7. The summed E-state index contributed by atoms with van der Waals surface area (Å²) in [7, 11) is 0. The number of aliphatic hydroxyl groups is 1. The number of hydrogen-bond acceptors (Lipinski definition) is 2. The lowest BCUT2D eigenvalue weighted by atomic mass is 10.4. The summed E-state index contributed by atoms with van der Waals surface area (Å²) < 4.78 is 0. The van der Waals surface area contributed by atoms with Gasteiger partial charge in [0.1, 0.15) is 0 Å². The lowest BCUT2D eigenvalue weighted by molar-refractivity contribution is -0.134. The molecule has 0 atom stereocenters. The largest absolute Gasteiger partial charge is 0.481 e. The Morgan fingerprint density at radius 2 is 2.09 bits per heavy atom. The van der Waals surface area contributed by atoms with Gasteiger partial charge in [-0.3, -0.25) is 4.79 Å². The molecule has 0 rings (SSSR count). The van der Waals surface area contributed by atoms with Crippen LogP contribution in [0.1, 0.15) is 13.3 Å². The van der Waals surface area contributed by atoms with Crippen LogP contribution in [0.5, 0.6) is 0 Å². The van der Waals surface area contributed by atoms with Crippen molar-refractivity contribution in [1.29, 1.82) is 0 Å². The molecule has 3 heteroatoms. The highest BCUT2D eigenvalue weighted by molar-refractivity contribution is 5.62. The zero-order valence-corrected chi connectivity index (χ0v) is 6.66.